The van der Waals surface area contributed by atoms with Gasteiger partial charge in [0.05, 0.1) is 44.2 Å². The maximum atomic E-state index is 14.6. The summed E-state index contributed by atoms with van der Waals surface area (Å²) in [7, 11) is -0.488. The highest BCUT2D eigenvalue weighted by molar-refractivity contribution is 7.84. The van der Waals surface area contributed by atoms with E-state index in [1.165, 1.54) is 24.5 Å². The summed E-state index contributed by atoms with van der Waals surface area (Å²) in [5.74, 6) is -1.61. The van der Waals surface area contributed by atoms with Crippen molar-refractivity contribution in [3.8, 4) is 11.3 Å². The number of pyridine rings is 1. The third-order valence-electron chi connectivity index (χ3n) is 2.98. The second-order valence-corrected chi connectivity index (χ2v) is 6.54. The molecular formula is C14H11Cl2FN2O3S. The monoisotopic (exact) mass is 376 g/mol. The Kier molecular flexibility index (Phi) is 5.23. The Morgan fingerprint density at radius 1 is 1.39 bits per heavy atom. The molecule has 1 aromatic heterocycles. The minimum atomic E-state index is -1.65. The molecule has 0 spiro atoms. The molecule has 1 unspecified atom stereocenters. The number of carbonyl (C=O) groups is 1. The van der Waals surface area contributed by atoms with Crippen molar-refractivity contribution in [1.82, 2.24) is 4.98 Å². The van der Waals surface area contributed by atoms with Crippen LogP contribution in [0.25, 0.3) is 11.3 Å². The van der Waals surface area contributed by atoms with E-state index in [-0.39, 0.29) is 37.6 Å². The first kappa shape index (κ1) is 17.7. The van der Waals surface area contributed by atoms with Gasteiger partial charge < -0.3 is 10.5 Å². The number of benzene rings is 1. The zero-order valence-corrected chi connectivity index (χ0v) is 14.4. The lowest BCUT2D eigenvalue weighted by Crippen LogP contribution is -2.08. The third kappa shape index (κ3) is 3.31. The van der Waals surface area contributed by atoms with Crippen LogP contribution in [0.15, 0.2) is 23.1 Å². The predicted molar refractivity (Wildman–Crippen MR) is 87.7 cm³/mol. The molecule has 0 aliphatic heterocycles. The number of nitrogens with two attached hydrogens (primary N) is 1. The smallest absolute Gasteiger partial charge is 0.358 e. The molecule has 0 bridgehead atoms. The number of nitrogens with zero attached hydrogens (tertiary/aromatic N) is 1. The van der Waals surface area contributed by atoms with E-state index in [0.717, 1.165) is 7.11 Å². The number of hydrogen-bond acceptors (Lipinski definition) is 5. The number of hydrogen-bond donors (Lipinski definition) is 1. The van der Waals surface area contributed by atoms with E-state index >= 15 is 0 Å². The van der Waals surface area contributed by atoms with Crippen LogP contribution in [0.1, 0.15) is 10.5 Å². The number of carbonyl (C=O) groups excluding carboxylic acids is 1. The molecule has 9 heteroatoms. The Hall–Kier alpha value is -1.70. The highest BCUT2D eigenvalue weighted by Gasteiger charge is 2.21. The van der Waals surface area contributed by atoms with Gasteiger partial charge in [-0.1, -0.05) is 23.2 Å². The van der Waals surface area contributed by atoms with E-state index in [1.807, 2.05) is 0 Å². The summed E-state index contributed by atoms with van der Waals surface area (Å²) in [5, 5.41) is -0.0588. The molecule has 0 radical (unpaired) electrons. The molecule has 5 nitrogen and oxygen atoms in total. The van der Waals surface area contributed by atoms with Gasteiger partial charge in [-0.3, -0.25) is 4.21 Å². The van der Waals surface area contributed by atoms with Gasteiger partial charge in [0.2, 0.25) is 0 Å². The van der Waals surface area contributed by atoms with Gasteiger partial charge in [0.1, 0.15) is 5.82 Å². The van der Waals surface area contributed by atoms with Crippen LogP contribution in [-0.2, 0) is 15.5 Å². The molecule has 1 heterocycles. The van der Waals surface area contributed by atoms with Crippen molar-refractivity contribution in [3.63, 3.8) is 0 Å². The molecule has 0 fully saturated rings. The highest BCUT2D eigenvalue weighted by atomic mass is 35.5. The molecule has 23 heavy (non-hydrogen) atoms. The second-order valence-electron chi connectivity index (χ2n) is 4.44. The molecule has 0 aliphatic carbocycles. The number of esters is 1. The molecule has 0 saturated carbocycles. The van der Waals surface area contributed by atoms with Crippen LogP contribution >= 0.6 is 23.2 Å². The Morgan fingerprint density at radius 3 is 2.61 bits per heavy atom. The van der Waals surface area contributed by atoms with Crippen LogP contribution in [0.5, 0.6) is 0 Å². The van der Waals surface area contributed by atoms with E-state index < -0.39 is 22.6 Å². The molecule has 2 rings (SSSR count). The largest absolute Gasteiger partial charge is 0.464 e. The zero-order valence-electron chi connectivity index (χ0n) is 12.0. The highest BCUT2D eigenvalue weighted by Crippen LogP contribution is 2.33. The van der Waals surface area contributed by atoms with Crippen molar-refractivity contribution >= 4 is 45.7 Å². The quantitative estimate of drug-likeness (QED) is 0.830. The topological polar surface area (TPSA) is 82.3 Å². The number of aromatic nitrogens is 1. The van der Waals surface area contributed by atoms with Gasteiger partial charge in [-0.2, -0.15) is 0 Å². The number of methoxy groups -OCH3 is 1. The van der Waals surface area contributed by atoms with Gasteiger partial charge in [-0.15, -0.1) is 0 Å². The first-order chi connectivity index (χ1) is 10.8. The van der Waals surface area contributed by atoms with Crippen LogP contribution < -0.4 is 5.73 Å². The average Bonchev–Trinajstić information content (AvgIpc) is 2.49. The van der Waals surface area contributed by atoms with E-state index in [9.17, 15) is 13.4 Å². The van der Waals surface area contributed by atoms with Crippen molar-refractivity contribution in [1.29, 1.82) is 0 Å². The van der Waals surface area contributed by atoms with Gasteiger partial charge in [-0.05, 0) is 18.2 Å². The molecular weight excluding hydrogens is 366 g/mol. The summed E-state index contributed by atoms with van der Waals surface area (Å²) in [6, 6.07) is 4.05. The average molecular weight is 377 g/mol. The van der Waals surface area contributed by atoms with Gasteiger partial charge in [0.15, 0.2) is 5.69 Å². The maximum absolute atomic E-state index is 14.6. The Bertz CT molecular complexity index is 830. The molecule has 1 aromatic carbocycles. The third-order valence-corrected chi connectivity index (χ3v) is 4.78. The van der Waals surface area contributed by atoms with Crippen LogP contribution in [0, 0.1) is 5.82 Å². The second kappa shape index (κ2) is 6.82. The first-order valence-corrected chi connectivity index (χ1v) is 8.45. The van der Waals surface area contributed by atoms with Crippen molar-refractivity contribution in [2.75, 3.05) is 19.1 Å². The summed E-state index contributed by atoms with van der Waals surface area (Å²) in [6.45, 7) is 0. The molecule has 2 aromatic rings. The lowest BCUT2D eigenvalue weighted by molar-refractivity contribution is 0.0594. The molecule has 0 aliphatic rings. The number of rotatable bonds is 3. The number of nitrogen functional groups attached to an aromatic ring is 1. The maximum Gasteiger partial charge on any atom is 0.358 e. The number of anilines is 1. The van der Waals surface area contributed by atoms with Gasteiger partial charge >= 0.3 is 5.97 Å². The van der Waals surface area contributed by atoms with Crippen molar-refractivity contribution in [2.24, 2.45) is 0 Å². The summed E-state index contributed by atoms with van der Waals surface area (Å²) >= 11 is 11.8. The number of halogens is 3. The van der Waals surface area contributed by atoms with E-state index in [2.05, 4.69) is 9.72 Å². The molecule has 0 amide bonds. The fourth-order valence-corrected chi connectivity index (χ4v) is 3.26. The van der Waals surface area contributed by atoms with Gasteiger partial charge in [0.25, 0.3) is 0 Å². The molecule has 0 saturated heterocycles. The Balaban J connectivity index is 2.73. The number of ether oxygens (including phenoxy) is 1. The fraction of sp³-hybridized carbons (Fsp3) is 0.143. The fourth-order valence-electron chi connectivity index (χ4n) is 1.91. The molecule has 2 N–H and O–H groups in total. The van der Waals surface area contributed by atoms with Gasteiger partial charge in [-0.25, -0.2) is 14.2 Å². The summed E-state index contributed by atoms with van der Waals surface area (Å²) < 4.78 is 30.8. The molecule has 122 valence electrons. The van der Waals surface area contributed by atoms with Crippen molar-refractivity contribution in [2.45, 2.75) is 4.90 Å². The zero-order chi connectivity index (χ0) is 17.3. The standard InChI is InChI=1S/C14H11Cl2FN2O3S/c1-22-14(20)12-10(16)8(18)5-9(19-12)6-3-4-7(15)13(11(6)17)23(2)21/h3-5H,1-2H3,(H2,18,19). The van der Waals surface area contributed by atoms with Crippen LogP contribution in [0.4, 0.5) is 10.1 Å². The van der Waals surface area contributed by atoms with Crippen LogP contribution in [-0.4, -0.2) is 28.5 Å². The Labute approximate surface area is 144 Å². The normalized spacial score (nSPS) is 12.0. The lowest BCUT2D eigenvalue weighted by Gasteiger charge is -2.11. The summed E-state index contributed by atoms with van der Waals surface area (Å²) in [6.07, 6.45) is 1.30. The lowest BCUT2D eigenvalue weighted by atomic mass is 10.1. The molecule has 1 atom stereocenters. The van der Waals surface area contributed by atoms with E-state index in [1.54, 1.807) is 0 Å². The predicted octanol–water partition coefficient (Wildman–Crippen LogP) is 3.30. The van der Waals surface area contributed by atoms with Crippen LogP contribution in [0.2, 0.25) is 10.0 Å². The minimum absolute atomic E-state index is 0.00637. The van der Waals surface area contributed by atoms with Gasteiger partial charge in [0, 0.05) is 11.8 Å². The van der Waals surface area contributed by atoms with Crippen molar-refractivity contribution < 1.29 is 18.1 Å². The summed E-state index contributed by atoms with van der Waals surface area (Å²) in [5.41, 5.74) is 5.58. The Morgan fingerprint density at radius 2 is 2.04 bits per heavy atom. The van der Waals surface area contributed by atoms with Crippen LogP contribution in [0.3, 0.4) is 0 Å². The first-order valence-electron chi connectivity index (χ1n) is 6.14. The van der Waals surface area contributed by atoms with Crippen molar-refractivity contribution in [3.05, 3.63) is 39.8 Å². The minimum Gasteiger partial charge on any atom is -0.464 e. The van der Waals surface area contributed by atoms with E-state index in [0.29, 0.717) is 0 Å². The van der Waals surface area contributed by atoms with E-state index in [4.69, 9.17) is 28.9 Å². The summed E-state index contributed by atoms with van der Waals surface area (Å²) in [4.78, 5) is 15.5. The SMILES string of the molecule is COC(=O)c1nc(-c2ccc(Cl)c(S(C)=O)c2F)cc(N)c1Cl.